The number of aryl methyl sites for hydroxylation is 3. The molecule has 1 atom stereocenters. The molecule has 7 aromatic rings. The number of nitrogens with one attached hydrogen (secondary N) is 3. The highest BCUT2D eigenvalue weighted by Gasteiger charge is 2.32. The van der Waals surface area contributed by atoms with E-state index in [-0.39, 0.29) is 42.7 Å². The molecule has 0 saturated carbocycles. The Morgan fingerprint density at radius 1 is 0.836 bits per heavy atom. The fourth-order valence-electron chi connectivity index (χ4n) is 7.93. The molecule has 0 radical (unpaired) electrons. The average Bonchev–Trinajstić information content (AvgIpc) is 4.04. The fraction of sp³-hybridized carbons (Fsp3) is 0.196. The third-order valence-corrected chi connectivity index (χ3v) is 13.7. The van der Waals surface area contributed by atoms with Crippen LogP contribution in [0.4, 0.5) is 22.7 Å². The Kier molecular flexibility index (Phi) is 12.9. The number of benzene rings is 2. The molecule has 338 valence electrons. The SMILES string of the molecule is COc1cc2c(cc1OCCCC(=O)Nc1cc(C(=O)Nc3ccc(-c4cc(C)c(C(=O)Nc5ccccc5)s4)nc3)n(C)c1)N=C[C@@H]1CC(c3ccc(-c4cc(C)cs4)nc3)=CCN1C2=O. The third-order valence-electron chi connectivity index (χ3n) is 11.4. The van der Waals surface area contributed by atoms with Crippen LogP contribution < -0.4 is 25.4 Å². The van der Waals surface area contributed by atoms with Crippen LogP contribution in [0.25, 0.3) is 26.7 Å². The number of methoxy groups -OCH3 is 1. The van der Waals surface area contributed by atoms with Crippen LogP contribution >= 0.6 is 22.7 Å². The highest BCUT2D eigenvalue weighted by molar-refractivity contribution is 7.17. The van der Waals surface area contributed by atoms with Gasteiger partial charge in [0.2, 0.25) is 5.91 Å². The predicted octanol–water partition coefficient (Wildman–Crippen LogP) is 10.2. The number of pyridine rings is 2. The first-order valence-electron chi connectivity index (χ1n) is 21.6. The quantitative estimate of drug-likeness (QED) is 0.0906. The van der Waals surface area contributed by atoms with Gasteiger partial charge in [-0.25, -0.2) is 0 Å². The summed E-state index contributed by atoms with van der Waals surface area (Å²) in [7, 11) is 3.24. The van der Waals surface area contributed by atoms with E-state index in [0.29, 0.717) is 69.8 Å². The minimum absolute atomic E-state index is 0.143. The van der Waals surface area contributed by atoms with Gasteiger partial charge < -0.3 is 34.9 Å². The zero-order valence-electron chi connectivity index (χ0n) is 37.2. The van der Waals surface area contributed by atoms with Crippen molar-refractivity contribution in [1.82, 2.24) is 19.4 Å². The number of anilines is 3. The van der Waals surface area contributed by atoms with Crippen LogP contribution in [0.5, 0.6) is 11.5 Å². The van der Waals surface area contributed by atoms with Crippen LogP contribution in [0.3, 0.4) is 0 Å². The molecular weight excluding hydrogens is 885 g/mol. The van der Waals surface area contributed by atoms with E-state index < -0.39 is 0 Å². The lowest BCUT2D eigenvalue weighted by molar-refractivity contribution is -0.116. The number of thiophene rings is 2. The predicted molar refractivity (Wildman–Crippen MR) is 264 cm³/mol. The highest BCUT2D eigenvalue weighted by atomic mass is 32.1. The Bertz CT molecular complexity index is 3060. The number of aliphatic imine (C=N–C) groups is 1. The van der Waals surface area contributed by atoms with Gasteiger partial charge in [0, 0.05) is 50.4 Å². The van der Waals surface area contributed by atoms with Crippen molar-refractivity contribution in [3.05, 3.63) is 148 Å². The lowest BCUT2D eigenvalue weighted by Gasteiger charge is -2.32. The highest BCUT2D eigenvalue weighted by Crippen LogP contribution is 2.39. The minimum Gasteiger partial charge on any atom is -0.493 e. The monoisotopic (exact) mass is 930 g/mol. The van der Waals surface area contributed by atoms with Gasteiger partial charge in [0.1, 0.15) is 5.69 Å². The van der Waals surface area contributed by atoms with Crippen molar-refractivity contribution in [3.8, 4) is 32.6 Å². The number of carbonyl (C=O) groups is 4. The van der Waals surface area contributed by atoms with E-state index in [2.05, 4.69) is 51.4 Å². The summed E-state index contributed by atoms with van der Waals surface area (Å²) in [5, 5.41) is 10.8. The third kappa shape index (κ3) is 9.95. The van der Waals surface area contributed by atoms with Gasteiger partial charge in [0.15, 0.2) is 11.5 Å². The largest absolute Gasteiger partial charge is 0.493 e. The molecule has 67 heavy (non-hydrogen) atoms. The topological polar surface area (TPSA) is 169 Å². The molecule has 0 unspecified atom stereocenters. The van der Waals surface area contributed by atoms with E-state index >= 15 is 0 Å². The maximum atomic E-state index is 13.9. The van der Waals surface area contributed by atoms with Gasteiger partial charge in [0.25, 0.3) is 17.7 Å². The molecule has 0 saturated heterocycles. The van der Waals surface area contributed by atoms with Crippen LogP contribution in [0.2, 0.25) is 0 Å². The lowest BCUT2D eigenvalue weighted by atomic mass is 9.95. The van der Waals surface area contributed by atoms with Crippen molar-refractivity contribution < 1.29 is 28.7 Å². The van der Waals surface area contributed by atoms with Gasteiger partial charge in [-0.1, -0.05) is 30.3 Å². The number of aromatic nitrogens is 3. The van der Waals surface area contributed by atoms with E-state index in [1.165, 1.54) is 24.0 Å². The Morgan fingerprint density at radius 3 is 2.37 bits per heavy atom. The molecule has 2 aliphatic heterocycles. The number of nitrogens with zero attached hydrogens (tertiary/aromatic N) is 5. The molecule has 9 rings (SSSR count). The smallest absolute Gasteiger partial charge is 0.272 e. The van der Waals surface area contributed by atoms with Gasteiger partial charge in [-0.05, 0) is 109 Å². The summed E-state index contributed by atoms with van der Waals surface area (Å²) in [5.41, 5.74) is 8.73. The van der Waals surface area contributed by atoms with Crippen LogP contribution in [0.1, 0.15) is 66.5 Å². The molecule has 4 amide bonds. The summed E-state index contributed by atoms with van der Waals surface area (Å²) in [5.74, 6) is -0.141. The Balaban J connectivity index is 0.758. The Morgan fingerprint density at radius 2 is 1.63 bits per heavy atom. The number of fused-ring (bicyclic) bond motifs is 2. The van der Waals surface area contributed by atoms with Crippen molar-refractivity contribution in [2.45, 2.75) is 39.2 Å². The van der Waals surface area contributed by atoms with E-state index in [9.17, 15) is 19.2 Å². The molecule has 7 heterocycles. The van der Waals surface area contributed by atoms with Crippen molar-refractivity contribution in [2.75, 3.05) is 36.2 Å². The molecule has 2 aromatic carbocycles. The van der Waals surface area contributed by atoms with Crippen LogP contribution in [0, 0.1) is 13.8 Å². The zero-order valence-corrected chi connectivity index (χ0v) is 38.8. The molecular formula is C51H46N8O6S2. The van der Waals surface area contributed by atoms with Crippen LogP contribution in [-0.4, -0.2) is 75.6 Å². The number of ether oxygens (including phenoxy) is 2. The summed E-state index contributed by atoms with van der Waals surface area (Å²) in [6.07, 6.45) is 10.2. The summed E-state index contributed by atoms with van der Waals surface area (Å²) >= 11 is 3.03. The normalized spacial score (nSPS) is 14.1. The van der Waals surface area contributed by atoms with Gasteiger partial charge in [0.05, 0.1) is 74.6 Å². The number of carbonyl (C=O) groups excluding carboxylic acids is 4. The van der Waals surface area contributed by atoms with E-state index in [0.717, 1.165) is 37.8 Å². The Hall–Kier alpha value is -7.69. The Labute approximate surface area is 395 Å². The average molecular weight is 931 g/mol. The molecule has 14 nitrogen and oxygen atoms in total. The van der Waals surface area contributed by atoms with E-state index in [1.54, 1.807) is 65.7 Å². The summed E-state index contributed by atoms with van der Waals surface area (Å²) in [6.45, 7) is 4.60. The zero-order chi connectivity index (χ0) is 46.6. The summed E-state index contributed by atoms with van der Waals surface area (Å²) in [4.78, 5) is 71.5. The number of para-hydroxylation sites is 1. The standard InChI is InChI=1S/C51H46N8O6S2/c1-30-19-45(66-29-30)39-14-12-33(25-52-39)32-16-17-59-37(21-32)27-54-41-24-44(43(64-4)23-38(41)51(59)63)65-18-8-11-47(60)55-36-22-42(58(3)28-36)49(61)57-35-13-15-40(53-26-35)46-20-31(2)48(67-46)50(62)56-34-9-6-5-7-10-34/h5-7,9-10,12-16,19-20,22-29,37H,8,11,17-18,21H2,1-4H3,(H,55,60)(H,56,62)(H,57,61)/t37-/m0/s1. The molecule has 0 spiro atoms. The first-order valence-corrected chi connectivity index (χ1v) is 23.3. The van der Waals surface area contributed by atoms with Gasteiger partial charge in [-0.15, -0.1) is 22.7 Å². The van der Waals surface area contributed by atoms with Crippen molar-refractivity contribution in [3.63, 3.8) is 0 Å². The number of rotatable bonds is 14. The molecule has 5 aromatic heterocycles. The first-order chi connectivity index (χ1) is 32.5. The number of hydrogen-bond donors (Lipinski definition) is 3. The molecule has 3 N–H and O–H groups in total. The second kappa shape index (κ2) is 19.4. The first kappa shape index (κ1) is 44.5. The summed E-state index contributed by atoms with van der Waals surface area (Å²) < 4.78 is 13.4. The molecule has 2 aliphatic rings. The van der Waals surface area contributed by atoms with E-state index in [1.807, 2.05) is 66.7 Å². The van der Waals surface area contributed by atoms with Crippen molar-refractivity contribution in [1.29, 1.82) is 0 Å². The fourth-order valence-corrected chi connectivity index (χ4v) is 9.85. The second-order valence-electron chi connectivity index (χ2n) is 16.2. The molecule has 0 bridgehead atoms. The minimum atomic E-state index is -0.376. The summed E-state index contributed by atoms with van der Waals surface area (Å²) in [6, 6.07) is 25.8. The number of amides is 4. The van der Waals surface area contributed by atoms with Gasteiger partial charge in [-0.2, -0.15) is 0 Å². The van der Waals surface area contributed by atoms with Gasteiger partial charge >= 0.3 is 0 Å². The van der Waals surface area contributed by atoms with Crippen molar-refractivity contribution >= 4 is 80.8 Å². The van der Waals surface area contributed by atoms with E-state index in [4.69, 9.17) is 19.5 Å². The number of hydrogen-bond acceptors (Lipinski definition) is 11. The van der Waals surface area contributed by atoms with Crippen LogP contribution in [-0.2, 0) is 11.8 Å². The maximum absolute atomic E-state index is 13.9. The molecule has 0 fully saturated rings. The molecule has 0 aliphatic carbocycles. The second-order valence-corrected chi connectivity index (χ2v) is 18.2. The van der Waals surface area contributed by atoms with Crippen molar-refractivity contribution in [2.24, 2.45) is 12.0 Å². The maximum Gasteiger partial charge on any atom is 0.272 e. The lowest BCUT2D eigenvalue weighted by Crippen LogP contribution is -2.43. The van der Waals surface area contributed by atoms with Gasteiger partial charge in [-0.3, -0.25) is 34.1 Å². The van der Waals surface area contributed by atoms with Crippen LogP contribution in [0.15, 0.2) is 120 Å². The molecule has 16 heteroatoms.